The fourth-order valence-corrected chi connectivity index (χ4v) is 4.18. The summed E-state index contributed by atoms with van der Waals surface area (Å²) in [7, 11) is 3.92. The molecule has 0 saturated carbocycles. The van der Waals surface area contributed by atoms with Crippen LogP contribution < -0.4 is 5.32 Å². The number of nitrogens with one attached hydrogen (secondary N) is 1. The van der Waals surface area contributed by atoms with Gasteiger partial charge in [0.05, 0.1) is 0 Å². The molecule has 30 heavy (non-hydrogen) atoms. The molecule has 0 aliphatic carbocycles. The predicted octanol–water partition coefficient (Wildman–Crippen LogP) is 2.94. The molecule has 2 amide bonds. The summed E-state index contributed by atoms with van der Waals surface area (Å²) in [5, 5.41) is 7.00. The van der Waals surface area contributed by atoms with Gasteiger partial charge in [0, 0.05) is 31.3 Å². The molecule has 1 aliphatic rings. The molecule has 1 aromatic heterocycles. The Morgan fingerprint density at radius 1 is 1.17 bits per heavy atom. The van der Waals surface area contributed by atoms with E-state index in [-0.39, 0.29) is 17.5 Å². The van der Waals surface area contributed by atoms with Crippen molar-refractivity contribution in [2.75, 3.05) is 33.7 Å². The van der Waals surface area contributed by atoms with Crippen molar-refractivity contribution in [2.24, 2.45) is 0 Å². The predicted molar refractivity (Wildman–Crippen MR) is 116 cm³/mol. The average Bonchev–Trinajstić information content (AvgIpc) is 3.16. The lowest BCUT2D eigenvalue weighted by Gasteiger charge is -2.34. The summed E-state index contributed by atoms with van der Waals surface area (Å²) < 4.78 is 5.55. The van der Waals surface area contributed by atoms with Gasteiger partial charge in [-0.05, 0) is 65.3 Å². The van der Waals surface area contributed by atoms with E-state index in [0.717, 1.165) is 36.1 Å². The lowest BCUT2D eigenvalue weighted by atomic mass is 9.97. The van der Waals surface area contributed by atoms with Crippen LogP contribution in [0.5, 0.6) is 0 Å². The van der Waals surface area contributed by atoms with Crippen molar-refractivity contribution in [1.29, 1.82) is 0 Å². The van der Waals surface area contributed by atoms with E-state index in [1.54, 1.807) is 11.0 Å². The van der Waals surface area contributed by atoms with Gasteiger partial charge < -0.3 is 19.6 Å². The molecule has 2 heterocycles. The van der Waals surface area contributed by atoms with Gasteiger partial charge in [-0.1, -0.05) is 22.9 Å². The number of amides is 2. The summed E-state index contributed by atoms with van der Waals surface area (Å²) in [6.07, 6.45) is 2.48. The summed E-state index contributed by atoms with van der Waals surface area (Å²) in [5.74, 6) is 0.232. The fourth-order valence-electron chi connectivity index (χ4n) is 4.18. The van der Waals surface area contributed by atoms with Crippen molar-refractivity contribution in [1.82, 2.24) is 20.3 Å². The van der Waals surface area contributed by atoms with Gasteiger partial charge in [0.2, 0.25) is 5.91 Å². The minimum atomic E-state index is -0.462. The number of carbonyl (C=O) groups is 2. The topological polar surface area (TPSA) is 78.7 Å². The lowest BCUT2D eigenvalue weighted by Crippen LogP contribution is -2.52. The molecule has 7 heteroatoms. The van der Waals surface area contributed by atoms with Gasteiger partial charge in [-0.15, -0.1) is 0 Å². The smallest absolute Gasteiger partial charge is 0.276 e. The summed E-state index contributed by atoms with van der Waals surface area (Å²) in [5.41, 5.74) is 4.56. The number of benzene rings is 1. The number of carbonyl (C=O) groups excluding carboxylic acids is 2. The van der Waals surface area contributed by atoms with Crippen molar-refractivity contribution in [3.63, 3.8) is 0 Å². The van der Waals surface area contributed by atoms with E-state index < -0.39 is 6.04 Å². The van der Waals surface area contributed by atoms with E-state index in [1.165, 1.54) is 5.56 Å². The lowest BCUT2D eigenvalue weighted by molar-refractivity contribution is -0.126. The number of nitrogens with zero attached hydrogens (tertiary/aromatic N) is 3. The Balaban J connectivity index is 1.77. The first-order chi connectivity index (χ1) is 14.3. The van der Waals surface area contributed by atoms with Gasteiger partial charge >= 0.3 is 0 Å². The number of likely N-dealkylation sites (N-methyl/N-ethyl adjacent to an activating group) is 1. The quantitative estimate of drug-likeness (QED) is 0.789. The first-order valence-electron chi connectivity index (χ1n) is 10.6. The van der Waals surface area contributed by atoms with E-state index in [2.05, 4.69) is 29.5 Å². The van der Waals surface area contributed by atoms with Crippen LogP contribution in [0.4, 0.5) is 0 Å². The molecule has 0 bridgehead atoms. The standard InChI is InChI=1S/C23H32N4O3/c1-15-12-16(2)21(17(3)13-15)20-14-18(25-30-20)23(29)27-10-7-6-8-19(27)22(28)24-9-11-26(4)5/h12-14,19H,6-11H2,1-5H3,(H,24,28). The molecular weight excluding hydrogens is 380 g/mol. The van der Waals surface area contributed by atoms with E-state index in [1.807, 2.05) is 32.8 Å². The van der Waals surface area contributed by atoms with Crippen molar-refractivity contribution in [3.05, 3.63) is 40.6 Å². The first-order valence-corrected chi connectivity index (χ1v) is 10.6. The van der Waals surface area contributed by atoms with Crippen molar-refractivity contribution in [2.45, 2.75) is 46.1 Å². The Hall–Kier alpha value is -2.67. The van der Waals surface area contributed by atoms with E-state index in [0.29, 0.717) is 25.3 Å². The highest BCUT2D eigenvalue weighted by molar-refractivity contribution is 5.97. The molecule has 7 nitrogen and oxygen atoms in total. The molecule has 0 spiro atoms. The highest BCUT2D eigenvalue weighted by atomic mass is 16.5. The number of likely N-dealkylation sites (tertiary alicyclic amines) is 1. The second kappa shape index (κ2) is 9.43. The maximum absolute atomic E-state index is 13.2. The highest BCUT2D eigenvalue weighted by Crippen LogP contribution is 2.30. The van der Waals surface area contributed by atoms with E-state index in [9.17, 15) is 9.59 Å². The number of hydrogen-bond acceptors (Lipinski definition) is 5. The molecule has 0 radical (unpaired) electrons. The second-order valence-corrected chi connectivity index (χ2v) is 8.45. The van der Waals surface area contributed by atoms with Crippen LogP contribution in [-0.4, -0.2) is 66.5 Å². The van der Waals surface area contributed by atoms with Gasteiger partial charge in [-0.2, -0.15) is 0 Å². The molecule has 1 N–H and O–H groups in total. The summed E-state index contributed by atoms with van der Waals surface area (Å²) in [6.45, 7) is 7.98. The molecular formula is C23H32N4O3. The van der Waals surface area contributed by atoms with Crippen LogP contribution in [0.25, 0.3) is 11.3 Å². The van der Waals surface area contributed by atoms with Gasteiger partial charge in [0.25, 0.3) is 5.91 Å². The summed E-state index contributed by atoms with van der Waals surface area (Å²) in [6, 6.07) is 5.41. The monoisotopic (exact) mass is 412 g/mol. The van der Waals surface area contributed by atoms with Crippen LogP contribution in [0.15, 0.2) is 22.7 Å². The number of aryl methyl sites for hydroxylation is 3. The van der Waals surface area contributed by atoms with Gasteiger partial charge in [-0.25, -0.2) is 0 Å². The molecule has 1 aliphatic heterocycles. The molecule has 1 unspecified atom stereocenters. The Bertz CT molecular complexity index is 896. The number of rotatable bonds is 6. The Kier molecular flexibility index (Phi) is 6.92. The SMILES string of the molecule is Cc1cc(C)c(-c2cc(C(=O)N3CCCCC3C(=O)NCCN(C)C)no2)c(C)c1. The Morgan fingerprint density at radius 3 is 2.53 bits per heavy atom. The summed E-state index contributed by atoms with van der Waals surface area (Å²) >= 11 is 0. The number of piperidine rings is 1. The maximum atomic E-state index is 13.2. The van der Waals surface area contributed by atoms with E-state index in [4.69, 9.17) is 4.52 Å². The highest BCUT2D eigenvalue weighted by Gasteiger charge is 2.34. The van der Waals surface area contributed by atoms with Gasteiger partial charge in [0.1, 0.15) is 6.04 Å². The van der Waals surface area contributed by atoms with Crippen molar-refractivity contribution >= 4 is 11.8 Å². The maximum Gasteiger partial charge on any atom is 0.276 e. The van der Waals surface area contributed by atoms with Crippen LogP contribution in [0.1, 0.15) is 46.4 Å². The molecule has 1 atom stereocenters. The number of hydrogen-bond donors (Lipinski definition) is 1. The molecule has 2 aromatic rings. The second-order valence-electron chi connectivity index (χ2n) is 8.45. The molecule has 1 saturated heterocycles. The third-order valence-corrected chi connectivity index (χ3v) is 5.58. The molecule has 1 aromatic carbocycles. The van der Waals surface area contributed by atoms with Crippen LogP contribution in [0, 0.1) is 20.8 Å². The number of aromatic nitrogens is 1. The minimum absolute atomic E-state index is 0.0983. The minimum Gasteiger partial charge on any atom is -0.355 e. The Morgan fingerprint density at radius 2 is 1.87 bits per heavy atom. The zero-order valence-corrected chi connectivity index (χ0v) is 18.6. The summed E-state index contributed by atoms with van der Waals surface area (Å²) in [4.78, 5) is 29.5. The van der Waals surface area contributed by atoms with E-state index >= 15 is 0 Å². The van der Waals surface area contributed by atoms with Crippen molar-refractivity contribution in [3.8, 4) is 11.3 Å². The van der Waals surface area contributed by atoms with Gasteiger partial charge in [-0.3, -0.25) is 9.59 Å². The normalized spacial score (nSPS) is 16.7. The van der Waals surface area contributed by atoms with Crippen LogP contribution in [0.3, 0.4) is 0 Å². The first kappa shape index (κ1) is 22.0. The zero-order chi connectivity index (χ0) is 21.8. The molecule has 162 valence electrons. The third-order valence-electron chi connectivity index (χ3n) is 5.58. The largest absolute Gasteiger partial charge is 0.355 e. The van der Waals surface area contributed by atoms with Crippen LogP contribution in [0.2, 0.25) is 0 Å². The molecule has 3 rings (SSSR count). The average molecular weight is 413 g/mol. The molecule has 1 fully saturated rings. The van der Waals surface area contributed by atoms with Crippen molar-refractivity contribution < 1.29 is 14.1 Å². The van der Waals surface area contributed by atoms with Crippen LogP contribution in [-0.2, 0) is 4.79 Å². The Labute approximate surface area is 178 Å². The van der Waals surface area contributed by atoms with Gasteiger partial charge in [0.15, 0.2) is 11.5 Å². The third kappa shape index (κ3) is 4.90. The van der Waals surface area contributed by atoms with Crippen LogP contribution >= 0.6 is 0 Å². The fraction of sp³-hybridized carbons (Fsp3) is 0.522. The zero-order valence-electron chi connectivity index (χ0n) is 18.6.